The molecular formula is C11H23ClN2S. The molecule has 0 aromatic heterocycles. The van der Waals surface area contributed by atoms with E-state index < -0.39 is 0 Å². The first-order valence-corrected chi connectivity index (χ1v) is 6.91. The topological polar surface area (TPSA) is 15.3 Å². The van der Waals surface area contributed by atoms with Gasteiger partial charge in [-0.05, 0) is 33.2 Å². The van der Waals surface area contributed by atoms with Crippen molar-refractivity contribution in [1.82, 2.24) is 10.2 Å². The van der Waals surface area contributed by atoms with Gasteiger partial charge >= 0.3 is 0 Å². The fourth-order valence-electron chi connectivity index (χ4n) is 2.65. The molecule has 4 heteroatoms. The summed E-state index contributed by atoms with van der Waals surface area (Å²) in [4.78, 5) is 2.73. The third-order valence-electron chi connectivity index (χ3n) is 3.42. The van der Waals surface area contributed by atoms with Crippen molar-refractivity contribution in [1.29, 1.82) is 0 Å². The summed E-state index contributed by atoms with van der Waals surface area (Å²) in [6, 6.07) is 0.791. The van der Waals surface area contributed by atoms with Crippen LogP contribution in [0.3, 0.4) is 0 Å². The van der Waals surface area contributed by atoms with Gasteiger partial charge in [-0.25, -0.2) is 0 Å². The molecule has 0 saturated carbocycles. The average molecular weight is 251 g/mol. The van der Waals surface area contributed by atoms with Crippen LogP contribution >= 0.6 is 24.2 Å². The van der Waals surface area contributed by atoms with E-state index in [9.17, 15) is 0 Å². The normalized spacial score (nSPS) is 32.0. The minimum Gasteiger partial charge on any atom is -0.315 e. The SMILES string of the molecule is CC1(C)CSCCN1C1CCCNC1.Cl. The van der Waals surface area contributed by atoms with Crippen molar-refractivity contribution < 1.29 is 0 Å². The molecule has 2 aliphatic rings. The molecule has 0 aromatic carbocycles. The van der Waals surface area contributed by atoms with Crippen LogP contribution in [0.4, 0.5) is 0 Å². The Kier molecular flexibility index (Phi) is 5.23. The molecule has 2 fully saturated rings. The zero-order chi connectivity index (χ0) is 10.0. The van der Waals surface area contributed by atoms with Crippen LogP contribution in [-0.4, -0.2) is 47.6 Å². The van der Waals surface area contributed by atoms with Gasteiger partial charge < -0.3 is 5.32 Å². The lowest BCUT2D eigenvalue weighted by Gasteiger charge is -2.48. The minimum atomic E-state index is 0. The molecule has 2 aliphatic heterocycles. The molecule has 1 N–H and O–H groups in total. The molecule has 1 unspecified atom stereocenters. The number of hydrogen-bond donors (Lipinski definition) is 1. The Labute approximate surface area is 104 Å². The minimum absolute atomic E-state index is 0. The molecule has 0 spiro atoms. The molecule has 0 amide bonds. The molecule has 1 atom stereocenters. The molecule has 2 saturated heterocycles. The summed E-state index contributed by atoms with van der Waals surface area (Å²) in [5.74, 6) is 2.61. The summed E-state index contributed by atoms with van der Waals surface area (Å²) in [5.41, 5.74) is 0.409. The number of halogens is 1. The maximum Gasteiger partial charge on any atom is 0.0247 e. The summed E-state index contributed by atoms with van der Waals surface area (Å²) in [6.07, 6.45) is 2.74. The lowest BCUT2D eigenvalue weighted by Crippen LogP contribution is -2.58. The quantitative estimate of drug-likeness (QED) is 0.766. The molecule has 0 aliphatic carbocycles. The summed E-state index contributed by atoms with van der Waals surface area (Å²) in [7, 11) is 0. The largest absolute Gasteiger partial charge is 0.315 e. The van der Waals surface area contributed by atoms with E-state index in [1.54, 1.807) is 0 Å². The number of piperidine rings is 1. The monoisotopic (exact) mass is 250 g/mol. The van der Waals surface area contributed by atoms with E-state index in [1.165, 1.54) is 44.0 Å². The van der Waals surface area contributed by atoms with Gasteiger partial charge in [0.25, 0.3) is 0 Å². The van der Waals surface area contributed by atoms with Crippen molar-refractivity contribution in [3.63, 3.8) is 0 Å². The highest BCUT2D eigenvalue weighted by atomic mass is 35.5. The lowest BCUT2D eigenvalue weighted by molar-refractivity contribution is 0.0732. The molecule has 90 valence electrons. The van der Waals surface area contributed by atoms with Crippen LogP contribution in [-0.2, 0) is 0 Å². The van der Waals surface area contributed by atoms with Crippen LogP contribution in [0.1, 0.15) is 26.7 Å². The van der Waals surface area contributed by atoms with Crippen molar-refractivity contribution in [3.05, 3.63) is 0 Å². The maximum atomic E-state index is 3.52. The Morgan fingerprint density at radius 1 is 1.40 bits per heavy atom. The highest BCUT2D eigenvalue weighted by molar-refractivity contribution is 7.99. The highest BCUT2D eigenvalue weighted by Crippen LogP contribution is 2.29. The molecule has 0 bridgehead atoms. The summed E-state index contributed by atoms with van der Waals surface area (Å²) >= 11 is 2.11. The van der Waals surface area contributed by atoms with Crippen LogP contribution in [0.15, 0.2) is 0 Å². The number of nitrogens with zero attached hydrogens (tertiary/aromatic N) is 1. The van der Waals surface area contributed by atoms with E-state index in [0.29, 0.717) is 5.54 Å². The van der Waals surface area contributed by atoms with E-state index in [4.69, 9.17) is 0 Å². The predicted molar refractivity (Wildman–Crippen MR) is 71.2 cm³/mol. The van der Waals surface area contributed by atoms with Gasteiger partial charge in [-0.15, -0.1) is 12.4 Å². The van der Waals surface area contributed by atoms with Crippen molar-refractivity contribution >= 4 is 24.2 Å². The second-order valence-corrected chi connectivity index (χ2v) is 6.16. The second kappa shape index (κ2) is 5.76. The first-order chi connectivity index (χ1) is 6.70. The van der Waals surface area contributed by atoms with Crippen molar-refractivity contribution in [3.8, 4) is 0 Å². The van der Waals surface area contributed by atoms with Crippen LogP contribution in [0.25, 0.3) is 0 Å². The lowest BCUT2D eigenvalue weighted by atomic mass is 9.97. The Morgan fingerprint density at radius 2 is 2.20 bits per heavy atom. The standard InChI is InChI=1S/C11H22N2S.ClH/c1-11(2)9-14-7-6-13(11)10-4-3-5-12-8-10;/h10,12H,3-9H2,1-2H3;1H. The Hall–Kier alpha value is 0.560. The summed E-state index contributed by atoms with van der Waals surface area (Å²) < 4.78 is 0. The van der Waals surface area contributed by atoms with E-state index in [1.807, 2.05) is 0 Å². The number of thioether (sulfide) groups is 1. The van der Waals surface area contributed by atoms with E-state index in [-0.39, 0.29) is 12.4 Å². The van der Waals surface area contributed by atoms with Crippen LogP contribution in [0.5, 0.6) is 0 Å². The van der Waals surface area contributed by atoms with E-state index in [0.717, 1.165) is 6.04 Å². The van der Waals surface area contributed by atoms with E-state index >= 15 is 0 Å². The molecule has 2 rings (SSSR count). The van der Waals surface area contributed by atoms with Gasteiger partial charge in [-0.2, -0.15) is 11.8 Å². The van der Waals surface area contributed by atoms with E-state index in [2.05, 4.69) is 35.8 Å². The van der Waals surface area contributed by atoms with Crippen molar-refractivity contribution in [2.24, 2.45) is 0 Å². The van der Waals surface area contributed by atoms with Crippen LogP contribution < -0.4 is 5.32 Å². The van der Waals surface area contributed by atoms with Gasteiger partial charge in [0.15, 0.2) is 0 Å². The number of rotatable bonds is 1. The first-order valence-electron chi connectivity index (χ1n) is 5.75. The van der Waals surface area contributed by atoms with Crippen LogP contribution in [0, 0.1) is 0 Å². The number of nitrogens with one attached hydrogen (secondary N) is 1. The van der Waals surface area contributed by atoms with Gasteiger partial charge in [0.2, 0.25) is 0 Å². The third kappa shape index (κ3) is 3.26. The van der Waals surface area contributed by atoms with Gasteiger partial charge in [-0.1, -0.05) is 0 Å². The molecule has 0 aromatic rings. The molecule has 0 radical (unpaired) electrons. The second-order valence-electron chi connectivity index (χ2n) is 5.06. The molecule has 2 heterocycles. The summed E-state index contributed by atoms with van der Waals surface area (Å²) in [6.45, 7) is 8.50. The third-order valence-corrected chi connectivity index (χ3v) is 4.80. The predicted octanol–water partition coefficient (Wildman–Crippen LogP) is 1.99. The van der Waals surface area contributed by atoms with Gasteiger partial charge in [-0.3, -0.25) is 4.90 Å². The first kappa shape index (κ1) is 13.6. The fourth-order valence-corrected chi connectivity index (χ4v) is 3.78. The van der Waals surface area contributed by atoms with Crippen molar-refractivity contribution in [2.45, 2.75) is 38.3 Å². The molecular weight excluding hydrogens is 228 g/mol. The zero-order valence-electron chi connectivity index (χ0n) is 9.79. The van der Waals surface area contributed by atoms with Gasteiger partial charge in [0, 0.05) is 36.2 Å². The van der Waals surface area contributed by atoms with Gasteiger partial charge in [0.1, 0.15) is 0 Å². The molecule has 2 nitrogen and oxygen atoms in total. The smallest absolute Gasteiger partial charge is 0.0247 e. The Balaban J connectivity index is 0.00000112. The molecule has 15 heavy (non-hydrogen) atoms. The number of hydrogen-bond acceptors (Lipinski definition) is 3. The summed E-state index contributed by atoms with van der Waals surface area (Å²) in [5, 5.41) is 3.52. The fraction of sp³-hybridized carbons (Fsp3) is 1.00. The maximum absolute atomic E-state index is 3.52. The Morgan fingerprint density at radius 3 is 2.80 bits per heavy atom. The average Bonchev–Trinajstić information content (AvgIpc) is 2.18. The zero-order valence-corrected chi connectivity index (χ0v) is 11.4. The van der Waals surface area contributed by atoms with Gasteiger partial charge in [0.05, 0.1) is 0 Å². The highest BCUT2D eigenvalue weighted by Gasteiger charge is 2.35. The van der Waals surface area contributed by atoms with Crippen molar-refractivity contribution in [2.75, 3.05) is 31.1 Å². The Bertz CT molecular complexity index is 193. The van der Waals surface area contributed by atoms with Crippen LogP contribution in [0.2, 0.25) is 0 Å².